The number of carbonyl (C=O) groups excluding carboxylic acids is 1. The van der Waals surface area contributed by atoms with Crippen molar-refractivity contribution in [1.82, 2.24) is 19.9 Å². The second kappa shape index (κ2) is 5.17. The van der Waals surface area contributed by atoms with E-state index in [1.807, 2.05) is 16.7 Å². The number of imidazole rings is 1. The average molecular weight is 279 g/mol. The molecule has 1 N–H and O–H groups in total. The molecule has 2 aromatic heterocycles. The molecule has 0 aromatic carbocycles. The predicted octanol–water partition coefficient (Wildman–Crippen LogP) is 1.84. The minimum absolute atomic E-state index is 0.0841. The molecule has 1 aliphatic carbocycles. The second-order valence-corrected chi connectivity index (χ2v) is 5.02. The average Bonchev–Trinajstić information content (AvgIpc) is 3.15. The number of nitrogens with one attached hydrogen (secondary N) is 1. The lowest BCUT2D eigenvalue weighted by Crippen LogP contribution is -2.26. The van der Waals surface area contributed by atoms with Crippen LogP contribution in [0.5, 0.6) is 0 Å². The topological polar surface area (TPSA) is 59.8 Å². The Labute approximate surface area is 116 Å². The van der Waals surface area contributed by atoms with Gasteiger partial charge in [0.15, 0.2) is 5.65 Å². The minimum atomic E-state index is 0.0841. The minimum Gasteiger partial charge on any atom is -0.353 e. The summed E-state index contributed by atoms with van der Waals surface area (Å²) in [4.78, 5) is 20.5. The molecule has 0 bridgehead atoms. The molecule has 2 aromatic rings. The van der Waals surface area contributed by atoms with E-state index in [0.717, 1.165) is 29.8 Å². The lowest BCUT2D eigenvalue weighted by molar-refractivity contribution is -0.121. The van der Waals surface area contributed by atoms with Crippen molar-refractivity contribution >= 4 is 28.7 Å². The summed E-state index contributed by atoms with van der Waals surface area (Å²) in [5.74, 6) is 1.16. The van der Waals surface area contributed by atoms with Crippen LogP contribution in [0.1, 0.15) is 25.1 Å². The third kappa shape index (κ3) is 2.71. The van der Waals surface area contributed by atoms with E-state index in [4.69, 9.17) is 11.6 Å². The van der Waals surface area contributed by atoms with Crippen molar-refractivity contribution in [2.75, 3.05) is 0 Å². The number of hydrogen-bond donors (Lipinski definition) is 1. The molecule has 3 rings (SSSR count). The van der Waals surface area contributed by atoms with Gasteiger partial charge in [0.05, 0.1) is 5.88 Å². The quantitative estimate of drug-likeness (QED) is 0.849. The summed E-state index contributed by atoms with van der Waals surface area (Å²) in [6, 6.07) is 4.15. The van der Waals surface area contributed by atoms with Gasteiger partial charge in [0.2, 0.25) is 5.91 Å². The van der Waals surface area contributed by atoms with E-state index in [0.29, 0.717) is 24.9 Å². The Balaban J connectivity index is 1.76. The molecular formula is C13H15ClN4O. The third-order valence-electron chi connectivity index (χ3n) is 3.21. The van der Waals surface area contributed by atoms with E-state index in [1.165, 1.54) is 0 Å². The lowest BCUT2D eigenvalue weighted by Gasteiger charge is -2.07. The zero-order valence-corrected chi connectivity index (χ0v) is 11.2. The van der Waals surface area contributed by atoms with Gasteiger partial charge in [-0.15, -0.1) is 11.6 Å². The first-order valence-electron chi connectivity index (χ1n) is 6.43. The van der Waals surface area contributed by atoms with Crippen LogP contribution in [0, 0.1) is 0 Å². The van der Waals surface area contributed by atoms with Crippen molar-refractivity contribution in [2.45, 2.75) is 37.7 Å². The number of alkyl halides is 1. The highest BCUT2D eigenvalue weighted by Crippen LogP contribution is 2.19. The number of pyridine rings is 1. The zero-order valence-electron chi connectivity index (χ0n) is 10.5. The van der Waals surface area contributed by atoms with Crippen LogP contribution >= 0.6 is 11.6 Å². The molecule has 1 fully saturated rings. The number of hydrogen-bond acceptors (Lipinski definition) is 3. The van der Waals surface area contributed by atoms with Gasteiger partial charge in [0.25, 0.3) is 0 Å². The highest BCUT2D eigenvalue weighted by atomic mass is 35.5. The Hall–Kier alpha value is -1.62. The van der Waals surface area contributed by atoms with Crippen LogP contribution in [0.15, 0.2) is 18.3 Å². The molecule has 1 amide bonds. The van der Waals surface area contributed by atoms with Crippen molar-refractivity contribution in [2.24, 2.45) is 0 Å². The van der Waals surface area contributed by atoms with Crippen LogP contribution in [0.25, 0.3) is 11.2 Å². The number of halogens is 1. The van der Waals surface area contributed by atoms with Gasteiger partial charge < -0.3 is 9.88 Å². The smallest absolute Gasteiger partial charge is 0.222 e. The third-order valence-corrected chi connectivity index (χ3v) is 3.45. The molecule has 0 spiro atoms. The number of aromatic nitrogens is 3. The number of rotatable bonds is 5. The Morgan fingerprint density at radius 2 is 2.37 bits per heavy atom. The van der Waals surface area contributed by atoms with Gasteiger partial charge in [-0.2, -0.15) is 0 Å². The molecule has 0 aliphatic heterocycles. The molecule has 1 aliphatic rings. The summed E-state index contributed by atoms with van der Waals surface area (Å²) in [6.45, 7) is 0.564. The van der Waals surface area contributed by atoms with Gasteiger partial charge in [0, 0.05) is 25.2 Å². The van der Waals surface area contributed by atoms with Crippen LogP contribution in [0.2, 0.25) is 0 Å². The Kier molecular flexibility index (Phi) is 3.38. The van der Waals surface area contributed by atoms with E-state index >= 15 is 0 Å². The first kappa shape index (κ1) is 12.4. The maximum atomic E-state index is 11.7. The fraction of sp³-hybridized carbons (Fsp3) is 0.462. The molecule has 100 valence electrons. The maximum Gasteiger partial charge on any atom is 0.222 e. The Bertz CT molecular complexity index is 606. The summed E-state index contributed by atoms with van der Waals surface area (Å²) < 4.78 is 1.93. The van der Waals surface area contributed by atoms with Crippen LogP contribution in [-0.4, -0.2) is 26.5 Å². The largest absolute Gasteiger partial charge is 0.353 e. The van der Waals surface area contributed by atoms with Crippen molar-refractivity contribution in [3.05, 3.63) is 24.2 Å². The fourth-order valence-electron chi connectivity index (χ4n) is 2.08. The molecule has 1 saturated carbocycles. The van der Waals surface area contributed by atoms with E-state index in [9.17, 15) is 4.79 Å². The van der Waals surface area contributed by atoms with Crippen LogP contribution in [0.3, 0.4) is 0 Å². The van der Waals surface area contributed by atoms with Gasteiger partial charge >= 0.3 is 0 Å². The SMILES string of the molecule is O=C(CCn1c(CCl)nc2cccnc21)NC1CC1. The molecular weight excluding hydrogens is 264 g/mol. The summed E-state index contributed by atoms with van der Waals surface area (Å²) in [5, 5.41) is 2.98. The van der Waals surface area contributed by atoms with Gasteiger partial charge in [-0.3, -0.25) is 4.79 Å². The van der Waals surface area contributed by atoms with E-state index < -0.39 is 0 Å². The number of fused-ring (bicyclic) bond motifs is 1. The van der Waals surface area contributed by atoms with E-state index in [1.54, 1.807) is 6.20 Å². The predicted molar refractivity (Wildman–Crippen MR) is 72.9 cm³/mol. The summed E-state index contributed by atoms with van der Waals surface area (Å²) in [6.07, 6.45) is 4.37. The van der Waals surface area contributed by atoms with Gasteiger partial charge in [-0.1, -0.05) is 0 Å². The van der Waals surface area contributed by atoms with E-state index in [-0.39, 0.29) is 5.91 Å². The van der Waals surface area contributed by atoms with Crippen molar-refractivity contribution in [3.63, 3.8) is 0 Å². The standard InChI is InChI=1S/C13H15ClN4O/c14-8-11-17-10-2-1-6-15-13(10)18(11)7-5-12(19)16-9-3-4-9/h1-2,6,9H,3-5,7-8H2,(H,16,19). The summed E-state index contributed by atoms with van der Waals surface area (Å²) in [5.41, 5.74) is 1.61. The number of nitrogens with zero attached hydrogens (tertiary/aromatic N) is 3. The molecule has 0 saturated heterocycles. The highest BCUT2D eigenvalue weighted by molar-refractivity contribution is 6.16. The molecule has 2 heterocycles. The molecule has 19 heavy (non-hydrogen) atoms. The molecule has 0 atom stereocenters. The van der Waals surface area contributed by atoms with Crippen LogP contribution < -0.4 is 5.32 Å². The fourth-order valence-corrected chi connectivity index (χ4v) is 2.29. The van der Waals surface area contributed by atoms with Crippen molar-refractivity contribution in [1.29, 1.82) is 0 Å². The van der Waals surface area contributed by atoms with Gasteiger partial charge in [-0.25, -0.2) is 9.97 Å². The first-order chi connectivity index (χ1) is 9.28. The number of amides is 1. The lowest BCUT2D eigenvalue weighted by atomic mass is 10.3. The number of aryl methyl sites for hydroxylation is 1. The first-order valence-corrected chi connectivity index (χ1v) is 6.97. The molecule has 0 radical (unpaired) electrons. The normalized spacial score (nSPS) is 14.8. The molecule has 5 nitrogen and oxygen atoms in total. The van der Waals surface area contributed by atoms with Gasteiger partial charge in [-0.05, 0) is 25.0 Å². The second-order valence-electron chi connectivity index (χ2n) is 4.75. The Morgan fingerprint density at radius 3 is 3.11 bits per heavy atom. The molecule has 0 unspecified atom stereocenters. The Morgan fingerprint density at radius 1 is 1.53 bits per heavy atom. The summed E-state index contributed by atoms with van der Waals surface area (Å²) >= 11 is 5.90. The highest BCUT2D eigenvalue weighted by Gasteiger charge is 2.23. The summed E-state index contributed by atoms with van der Waals surface area (Å²) in [7, 11) is 0. The monoisotopic (exact) mass is 278 g/mol. The zero-order chi connectivity index (χ0) is 13.2. The van der Waals surface area contributed by atoms with Crippen molar-refractivity contribution < 1.29 is 4.79 Å². The van der Waals surface area contributed by atoms with Gasteiger partial charge in [0.1, 0.15) is 11.3 Å². The van der Waals surface area contributed by atoms with Crippen LogP contribution in [0.4, 0.5) is 0 Å². The number of carbonyl (C=O) groups is 1. The van der Waals surface area contributed by atoms with Crippen molar-refractivity contribution in [3.8, 4) is 0 Å². The van der Waals surface area contributed by atoms with E-state index in [2.05, 4.69) is 15.3 Å². The van der Waals surface area contributed by atoms with Crippen LogP contribution in [-0.2, 0) is 17.2 Å². The maximum absolute atomic E-state index is 11.7. The molecule has 6 heteroatoms.